The number of aryl methyl sites for hydroxylation is 2. The zero-order valence-electron chi connectivity index (χ0n) is 13.6. The molecule has 0 saturated heterocycles. The van der Waals surface area contributed by atoms with Gasteiger partial charge in [0.1, 0.15) is 5.75 Å². The third-order valence-corrected chi connectivity index (χ3v) is 4.06. The van der Waals surface area contributed by atoms with E-state index >= 15 is 0 Å². The molecule has 0 atom stereocenters. The Morgan fingerprint density at radius 2 is 1.83 bits per heavy atom. The van der Waals surface area contributed by atoms with Gasteiger partial charge in [-0.3, -0.25) is 20.4 Å². The molecule has 0 radical (unpaired) electrons. The van der Waals surface area contributed by atoms with E-state index in [2.05, 4.69) is 26.8 Å². The summed E-state index contributed by atoms with van der Waals surface area (Å²) in [6, 6.07) is 12.9. The molecule has 0 saturated carbocycles. The Bertz CT molecular complexity index is 747. The van der Waals surface area contributed by atoms with Gasteiger partial charge < -0.3 is 4.74 Å². The number of rotatable bonds is 5. The Morgan fingerprint density at radius 3 is 2.58 bits per heavy atom. The topological polar surface area (TPSA) is 67.4 Å². The molecule has 2 aromatic rings. The van der Waals surface area contributed by atoms with Crippen molar-refractivity contribution in [3.05, 3.63) is 63.6 Å². The number of nitrogens with one attached hydrogen (secondary N) is 2. The maximum absolute atomic E-state index is 12.0. The van der Waals surface area contributed by atoms with Gasteiger partial charge in [0.05, 0.1) is 18.6 Å². The molecule has 0 aliphatic heterocycles. The van der Waals surface area contributed by atoms with Crippen LogP contribution in [0.25, 0.3) is 0 Å². The maximum Gasteiger partial charge on any atom is 0.270 e. The highest BCUT2D eigenvalue weighted by molar-refractivity contribution is 9.10. The van der Waals surface area contributed by atoms with Crippen LogP contribution >= 0.6 is 15.9 Å². The Labute approximate surface area is 149 Å². The van der Waals surface area contributed by atoms with E-state index in [1.54, 1.807) is 18.2 Å². The molecular formula is C18H19BrN2O3. The van der Waals surface area contributed by atoms with Crippen LogP contribution in [0.15, 0.2) is 46.9 Å². The number of hydrazine groups is 1. The normalized spacial score (nSPS) is 10.1. The summed E-state index contributed by atoms with van der Waals surface area (Å²) in [5.74, 6) is 0.0621. The average molecular weight is 391 g/mol. The van der Waals surface area contributed by atoms with E-state index in [4.69, 9.17) is 4.74 Å². The Morgan fingerprint density at radius 1 is 1.08 bits per heavy atom. The fourth-order valence-corrected chi connectivity index (χ4v) is 2.48. The number of halogens is 1. The smallest absolute Gasteiger partial charge is 0.270 e. The minimum Gasteiger partial charge on any atom is -0.493 e. The molecule has 2 amide bonds. The molecule has 0 fully saturated rings. The molecular weight excluding hydrogens is 372 g/mol. The number of amides is 2. The highest BCUT2D eigenvalue weighted by Crippen LogP contribution is 2.19. The highest BCUT2D eigenvalue weighted by Gasteiger charge is 2.10. The first kappa shape index (κ1) is 18.0. The summed E-state index contributed by atoms with van der Waals surface area (Å²) in [6.45, 7) is 4.17. The van der Waals surface area contributed by atoms with Gasteiger partial charge in [-0.05, 0) is 59.1 Å². The van der Waals surface area contributed by atoms with Crippen molar-refractivity contribution in [1.82, 2.24) is 10.9 Å². The van der Waals surface area contributed by atoms with E-state index in [9.17, 15) is 9.59 Å². The molecule has 0 unspecified atom stereocenters. The molecule has 0 bridgehead atoms. The molecule has 0 heterocycles. The van der Waals surface area contributed by atoms with Gasteiger partial charge in [-0.25, -0.2) is 0 Å². The van der Waals surface area contributed by atoms with Crippen LogP contribution in [0.3, 0.4) is 0 Å². The predicted molar refractivity (Wildman–Crippen MR) is 95.8 cm³/mol. The lowest BCUT2D eigenvalue weighted by atomic mass is 10.1. The van der Waals surface area contributed by atoms with Gasteiger partial charge in [0.25, 0.3) is 5.91 Å². The summed E-state index contributed by atoms with van der Waals surface area (Å²) >= 11 is 3.29. The van der Waals surface area contributed by atoms with Crippen molar-refractivity contribution in [3.63, 3.8) is 0 Å². The van der Waals surface area contributed by atoms with E-state index in [0.29, 0.717) is 10.0 Å². The SMILES string of the molecule is Cc1ccc(C)c(OCCC(=O)NNC(=O)c2ccccc2Br)c1. The summed E-state index contributed by atoms with van der Waals surface area (Å²) < 4.78 is 6.28. The van der Waals surface area contributed by atoms with Crippen LogP contribution in [0.4, 0.5) is 0 Å². The quantitative estimate of drug-likeness (QED) is 0.769. The largest absolute Gasteiger partial charge is 0.493 e. The lowest BCUT2D eigenvalue weighted by Gasteiger charge is -2.11. The predicted octanol–water partition coefficient (Wildman–Crippen LogP) is 3.30. The number of carbonyl (C=O) groups excluding carboxylic acids is 2. The van der Waals surface area contributed by atoms with Gasteiger partial charge in [-0.1, -0.05) is 24.3 Å². The average Bonchev–Trinajstić information content (AvgIpc) is 2.56. The highest BCUT2D eigenvalue weighted by atomic mass is 79.9. The Kier molecular flexibility index (Phi) is 6.37. The lowest BCUT2D eigenvalue weighted by Crippen LogP contribution is -2.42. The van der Waals surface area contributed by atoms with Crippen LogP contribution in [0.1, 0.15) is 27.9 Å². The first-order chi connectivity index (χ1) is 11.5. The fourth-order valence-electron chi connectivity index (χ4n) is 2.02. The van der Waals surface area contributed by atoms with Crippen molar-refractivity contribution in [2.45, 2.75) is 20.3 Å². The number of benzene rings is 2. The molecule has 0 aliphatic rings. The number of ether oxygens (including phenoxy) is 1. The molecule has 2 N–H and O–H groups in total. The van der Waals surface area contributed by atoms with Crippen molar-refractivity contribution in [1.29, 1.82) is 0 Å². The molecule has 126 valence electrons. The third kappa shape index (κ3) is 5.09. The molecule has 2 aromatic carbocycles. The minimum absolute atomic E-state index is 0.142. The van der Waals surface area contributed by atoms with Gasteiger partial charge in [0, 0.05) is 4.47 Å². The number of hydrogen-bond acceptors (Lipinski definition) is 3. The van der Waals surface area contributed by atoms with Crippen molar-refractivity contribution >= 4 is 27.7 Å². The van der Waals surface area contributed by atoms with Gasteiger partial charge in [0.2, 0.25) is 5.91 Å². The monoisotopic (exact) mass is 390 g/mol. The van der Waals surface area contributed by atoms with Crippen molar-refractivity contribution in [3.8, 4) is 5.75 Å². The molecule has 0 aliphatic carbocycles. The van der Waals surface area contributed by atoms with Gasteiger partial charge in [0.15, 0.2) is 0 Å². The summed E-state index contributed by atoms with van der Waals surface area (Å²) in [6.07, 6.45) is 0.142. The Hall–Kier alpha value is -2.34. The van der Waals surface area contributed by atoms with Crippen LogP contribution in [0, 0.1) is 13.8 Å². The van der Waals surface area contributed by atoms with Crippen LogP contribution in [0.2, 0.25) is 0 Å². The van der Waals surface area contributed by atoms with E-state index in [0.717, 1.165) is 16.9 Å². The molecule has 24 heavy (non-hydrogen) atoms. The van der Waals surface area contributed by atoms with Gasteiger partial charge in [-0.15, -0.1) is 0 Å². The molecule has 0 aromatic heterocycles. The second kappa shape index (κ2) is 8.49. The second-order valence-corrected chi connectivity index (χ2v) is 6.20. The second-order valence-electron chi connectivity index (χ2n) is 5.35. The molecule has 2 rings (SSSR count). The third-order valence-electron chi connectivity index (χ3n) is 3.36. The first-order valence-electron chi connectivity index (χ1n) is 7.51. The van der Waals surface area contributed by atoms with E-state index < -0.39 is 0 Å². The van der Waals surface area contributed by atoms with Crippen LogP contribution in [-0.4, -0.2) is 18.4 Å². The van der Waals surface area contributed by atoms with E-state index in [1.165, 1.54) is 0 Å². The number of carbonyl (C=O) groups is 2. The van der Waals surface area contributed by atoms with Gasteiger partial charge in [-0.2, -0.15) is 0 Å². The molecule has 0 spiro atoms. The van der Waals surface area contributed by atoms with Crippen molar-refractivity contribution < 1.29 is 14.3 Å². The molecule has 6 heteroatoms. The summed E-state index contributed by atoms with van der Waals surface area (Å²) in [4.78, 5) is 23.7. The maximum atomic E-state index is 12.0. The van der Waals surface area contributed by atoms with Crippen LogP contribution in [0.5, 0.6) is 5.75 Å². The standard InChI is InChI=1S/C18H19BrN2O3/c1-12-7-8-13(2)16(11-12)24-10-9-17(22)20-21-18(23)14-5-3-4-6-15(14)19/h3-8,11H,9-10H2,1-2H3,(H,20,22)(H,21,23). The fraction of sp³-hybridized carbons (Fsp3) is 0.222. The molecule has 5 nitrogen and oxygen atoms in total. The van der Waals surface area contributed by atoms with Crippen LogP contribution in [-0.2, 0) is 4.79 Å². The zero-order chi connectivity index (χ0) is 17.5. The number of hydrogen-bond donors (Lipinski definition) is 2. The summed E-state index contributed by atoms with van der Waals surface area (Å²) in [5.41, 5.74) is 7.33. The minimum atomic E-state index is -0.383. The van der Waals surface area contributed by atoms with Crippen LogP contribution < -0.4 is 15.6 Å². The van der Waals surface area contributed by atoms with E-state index in [-0.39, 0.29) is 24.8 Å². The van der Waals surface area contributed by atoms with Gasteiger partial charge >= 0.3 is 0 Å². The van der Waals surface area contributed by atoms with Crippen molar-refractivity contribution in [2.24, 2.45) is 0 Å². The zero-order valence-corrected chi connectivity index (χ0v) is 15.1. The first-order valence-corrected chi connectivity index (χ1v) is 8.30. The van der Waals surface area contributed by atoms with E-state index in [1.807, 2.05) is 38.1 Å². The summed E-state index contributed by atoms with van der Waals surface area (Å²) in [7, 11) is 0. The van der Waals surface area contributed by atoms with Crippen molar-refractivity contribution in [2.75, 3.05) is 6.61 Å². The Balaban J connectivity index is 1.77. The lowest BCUT2D eigenvalue weighted by molar-refractivity contribution is -0.122. The summed E-state index contributed by atoms with van der Waals surface area (Å²) in [5, 5.41) is 0.